The molecule has 5 nitrogen and oxygen atoms in total. The van der Waals surface area contributed by atoms with Gasteiger partial charge in [-0.25, -0.2) is 0 Å². The third kappa shape index (κ3) is 3.78. The zero-order chi connectivity index (χ0) is 14.0. The number of hydrogen-bond acceptors (Lipinski definition) is 7. The van der Waals surface area contributed by atoms with Gasteiger partial charge >= 0.3 is 0 Å². The summed E-state index contributed by atoms with van der Waals surface area (Å²) in [5.74, 6) is 1.20. The summed E-state index contributed by atoms with van der Waals surface area (Å²) in [6.45, 7) is 3.09. The minimum atomic E-state index is -1.04. The van der Waals surface area contributed by atoms with E-state index in [1.165, 1.54) is 0 Å². The lowest BCUT2D eigenvalue weighted by atomic mass is 10.0. The standard InChI is InChI=1S/C12H22O5S2/c1-12(2)16-9(7(14)6-13)10(17-12)8(15)11-18-4-3-5-19-11/h7-11,13-15H,3-6H2,1-2H3/t7-,8+,9-,10-/m1/s1. The molecule has 2 heterocycles. The predicted molar refractivity (Wildman–Crippen MR) is 76.2 cm³/mol. The highest BCUT2D eigenvalue weighted by Gasteiger charge is 2.49. The summed E-state index contributed by atoms with van der Waals surface area (Å²) >= 11 is 3.43. The highest BCUT2D eigenvalue weighted by atomic mass is 32.2. The fourth-order valence-corrected chi connectivity index (χ4v) is 5.28. The average molecular weight is 310 g/mol. The van der Waals surface area contributed by atoms with Crippen molar-refractivity contribution >= 4 is 23.5 Å². The molecule has 0 spiro atoms. The molecule has 0 bridgehead atoms. The Morgan fingerprint density at radius 2 is 1.74 bits per heavy atom. The van der Waals surface area contributed by atoms with Crippen LogP contribution in [0.15, 0.2) is 0 Å². The van der Waals surface area contributed by atoms with Crippen LogP contribution in [0.3, 0.4) is 0 Å². The van der Waals surface area contributed by atoms with E-state index < -0.39 is 36.8 Å². The lowest BCUT2D eigenvalue weighted by molar-refractivity contribution is -0.161. The molecule has 3 N–H and O–H groups in total. The molecule has 2 saturated heterocycles. The van der Waals surface area contributed by atoms with E-state index in [4.69, 9.17) is 14.6 Å². The van der Waals surface area contributed by atoms with Crippen LogP contribution in [-0.4, -0.2) is 68.2 Å². The largest absolute Gasteiger partial charge is 0.394 e. The molecule has 2 fully saturated rings. The van der Waals surface area contributed by atoms with Gasteiger partial charge in [0.1, 0.15) is 24.4 Å². The highest BCUT2D eigenvalue weighted by molar-refractivity contribution is 8.17. The van der Waals surface area contributed by atoms with E-state index in [9.17, 15) is 10.2 Å². The molecule has 0 amide bonds. The van der Waals surface area contributed by atoms with Gasteiger partial charge in [-0.3, -0.25) is 0 Å². The molecule has 2 rings (SSSR count). The van der Waals surface area contributed by atoms with Crippen molar-refractivity contribution in [3.05, 3.63) is 0 Å². The third-order valence-electron chi connectivity index (χ3n) is 3.20. The number of thioether (sulfide) groups is 2. The van der Waals surface area contributed by atoms with Crippen molar-refractivity contribution in [1.82, 2.24) is 0 Å². The summed E-state index contributed by atoms with van der Waals surface area (Å²) in [4.78, 5) is 0. The molecule has 0 aliphatic carbocycles. The van der Waals surface area contributed by atoms with Crippen LogP contribution in [0, 0.1) is 0 Å². The van der Waals surface area contributed by atoms with Gasteiger partial charge in [0, 0.05) is 0 Å². The smallest absolute Gasteiger partial charge is 0.164 e. The van der Waals surface area contributed by atoms with E-state index in [0.29, 0.717) is 0 Å². The van der Waals surface area contributed by atoms with Crippen molar-refractivity contribution < 1.29 is 24.8 Å². The Morgan fingerprint density at radius 1 is 1.16 bits per heavy atom. The van der Waals surface area contributed by atoms with Gasteiger partial charge in [0.2, 0.25) is 0 Å². The quantitative estimate of drug-likeness (QED) is 0.694. The summed E-state index contributed by atoms with van der Waals surface area (Å²) < 4.78 is 11.4. The van der Waals surface area contributed by atoms with Gasteiger partial charge in [0.25, 0.3) is 0 Å². The van der Waals surface area contributed by atoms with Gasteiger partial charge in [-0.2, -0.15) is 0 Å². The van der Waals surface area contributed by atoms with E-state index in [1.807, 2.05) is 0 Å². The van der Waals surface area contributed by atoms with Gasteiger partial charge in [-0.1, -0.05) is 0 Å². The third-order valence-corrected chi connectivity index (χ3v) is 6.28. The van der Waals surface area contributed by atoms with Crippen LogP contribution in [-0.2, 0) is 9.47 Å². The number of aliphatic hydroxyl groups excluding tert-OH is 3. The van der Waals surface area contributed by atoms with Crippen LogP contribution >= 0.6 is 23.5 Å². The molecule has 0 radical (unpaired) electrons. The molecule has 0 saturated carbocycles. The van der Waals surface area contributed by atoms with Crippen LogP contribution < -0.4 is 0 Å². The molecular formula is C12H22O5S2. The summed E-state index contributed by atoms with van der Waals surface area (Å²) in [6, 6.07) is 0. The molecule has 112 valence electrons. The predicted octanol–water partition coefficient (Wildman–Crippen LogP) is 0.417. The van der Waals surface area contributed by atoms with Gasteiger partial charge in [0.15, 0.2) is 5.79 Å². The highest BCUT2D eigenvalue weighted by Crippen LogP contribution is 2.39. The summed E-state index contributed by atoms with van der Waals surface area (Å²) in [7, 11) is 0. The topological polar surface area (TPSA) is 79.2 Å². The zero-order valence-electron chi connectivity index (χ0n) is 11.2. The first kappa shape index (κ1) is 15.9. The Morgan fingerprint density at radius 3 is 2.32 bits per heavy atom. The molecule has 0 unspecified atom stereocenters. The van der Waals surface area contributed by atoms with Crippen LogP contribution in [0.5, 0.6) is 0 Å². The molecular weight excluding hydrogens is 288 g/mol. The number of ether oxygens (including phenoxy) is 2. The normalized spacial score (nSPS) is 35.2. The second-order valence-corrected chi connectivity index (χ2v) is 8.07. The van der Waals surface area contributed by atoms with Crippen molar-refractivity contribution in [1.29, 1.82) is 0 Å². The van der Waals surface area contributed by atoms with E-state index in [-0.39, 0.29) is 4.58 Å². The van der Waals surface area contributed by atoms with Crippen LogP contribution in [0.25, 0.3) is 0 Å². The van der Waals surface area contributed by atoms with Crippen LogP contribution in [0.1, 0.15) is 20.3 Å². The first-order valence-electron chi connectivity index (χ1n) is 6.50. The van der Waals surface area contributed by atoms with Crippen LogP contribution in [0.2, 0.25) is 0 Å². The molecule has 2 aliphatic heterocycles. The molecule has 2 aliphatic rings. The van der Waals surface area contributed by atoms with Crippen molar-refractivity contribution in [2.45, 2.75) is 55.1 Å². The Labute approximate surface area is 122 Å². The van der Waals surface area contributed by atoms with Gasteiger partial charge in [0.05, 0.1) is 11.2 Å². The van der Waals surface area contributed by atoms with Gasteiger partial charge < -0.3 is 24.8 Å². The second kappa shape index (κ2) is 6.51. The Bertz CT molecular complexity index is 296. The van der Waals surface area contributed by atoms with E-state index in [1.54, 1.807) is 37.4 Å². The van der Waals surface area contributed by atoms with Crippen LogP contribution in [0.4, 0.5) is 0 Å². The SMILES string of the molecule is CC1(C)O[C@H]([C@H](O)CO)[C@@H]([C@H](O)C2SCCCS2)O1. The number of hydrogen-bond donors (Lipinski definition) is 3. The minimum Gasteiger partial charge on any atom is -0.394 e. The lowest BCUT2D eigenvalue weighted by Crippen LogP contribution is -2.47. The van der Waals surface area contributed by atoms with Crippen molar-refractivity contribution in [2.75, 3.05) is 18.1 Å². The van der Waals surface area contributed by atoms with Gasteiger partial charge in [-0.05, 0) is 31.8 Å². The van der Waals surface area contributed by atoms with E-state index >= 15 is 0 Å². The Hall–Kier alpha value is 0.500. The maximum atomic E-state index is 10.5. The summed E-state index contributed by atoms with van der Waals surface area (Å²) in [5, 5.41) is 29.4. The maximum absolute atomic E-state index is 10.5. The molecule has 7 heteroatoms. The fourth-order valence-electron chi connectivity index (χ4n) is 2.34. The Balaban J connectivity index is 2.06. The molecule has 0 aromatic heterocycles. The lowest BCUT2D eigenvalue weighted by Gasteiger charge is -2.31. The van der Waals surface area contributed by atoms with Gasteiger partial charge in [-0.15, -0.1) is 23.5 Å². The maximum Gasteiger partial charge on any atom is 0.164 e. The van der Waals surface area contributed by atoms with Crippen molar-refractivity contribution in [3.8, 4) is 0 Å². The molecule has 19 heavy (non-hydrogen) atoms. The zero-order valence-corrected chi connectivity index (χ0v) is 12.8. The summed E-state index contributed by atoms with van der Waals surface area (Å²) in [6.07, 6.45) is -1.92. The van der Waals surface area contributed by atoms with E-state index in [2.05, 4.69) is 0 Å². The fraction of sp³-hybridized carbons (Fsp3) is 1.00. The molecule has 0 aromatic carbocycles. The second-order valence-electron chi connectivity index (χ2n) is 5.27. The Kier molecular flexibility index (Phi) is 5.44. The first-order chi connectivity index (χ1) is 8.94. The monoisotopic (exact) mass is 310 g/mol. The molecule has 0 aromatic rings. The minimum absolute atomic E-state index is 0.0321. The van der Waals surface area contributed by atoms with E-state index in [0.717, 1.165) is 17.9 Å². The first-order valence-corrected chi connectivity index (χ1v) is 8.60. The molecule has 4 atom stereocenters. The van der Waals surface area contributed by atoms with Crippen molar-refractivity contribution in [2.24, 2.45) is 0 Å². The number of rotatable bonds is 4. The van der Waals surface area contributed by atoms with Crippen molar-refractivity contribution in [3.63, 3.8) is 0 Å². The number of aliphatic hydroxyl groups is 3. The summed E-state index contributed by atoms with van der Waals surface area (Å²) in [5.41, 5.74) is 0. The average Bonchev–Trinajstić information content (AvgIpc) is 2.74.